The van der Waals surface area contributed by atoms with Gasteiger partial charge in [-0.1, -0.05) is 44.4 Å². The van der Waals surface area contributed by atoms with Crippen molar-refractivity contribution in [3.63, 3.8) is 0 Å². The first-order chi connectivity index (χ1) is 18.1. The number of hydrogen-bond donors (Lipinski definition) is 0. The van der Waals surface area contributed by atoms with Gasteiger partial charge < -0.3 is 9.45 Å². The number of nitrogens with zero attached hydrogens (tertiary/aromatic N) is 3. The Bertz CT molecular complexity index is 1130. The smallest absolute Gasteiger partial charge is 0.247 e. The highest BCUT2D eigenvalue weighted by molar-refractivity contribution is 7.93. The molecule has 0 aliphatic carbocycles. The standard InChI is InChI=1S/C29H43N3O4S2/c1-5-6-12-25(31-19-21-32(22-20-31)26-13-8-7-9-14-26)15-10-11-16-27(33)24-17-18-28(37(4)34)29(23-24)38(35,36)30(2)3/h7-9,13-14,17-18,23,25H,5-6,10-12,15-16,19-22H2,1-4H3. The molecule has 2 aromatic rings. The van der Waals surface area contributed by atoms with Gasteiger partial charge in [-0.15, -0.1) is 0 Å². The molecule has 0 aromatic heterocycles. The van der Waals surface area contributed by atoms with Gasteiger partial charge in [0.05, 0.1) is 0 Å². The normalized spacial score (nSPS) is 16.5. The second-order valence-corrected chi connectivity index (χ2v) is 13.7. The molecule has 0 radical (unpaired) electrons. The second-order valence-electron chi connectivity index (χ2n) is 10.2. The van der Waals surface area contributed by atoms with Crippen molar-refractivity contribution < 1.29 is 17.8 Å². The van der Waals surface area contributed by atoms with Crippen LogP contribution < -0.4 is 4.90 Å². The maximum absolute atomic E-state index is 13.0. The monoisotopic (exact) mass is 561 g/mol. The van der Waals surface area contributed by atoms with Gasteiger partial charge in [0, 0.05) is 64.0 Å². The largest absolute Gasteiger partial charge is 0.612 e. The van der Waals surface area contributed by atoms with E-state index in [1.807, 2.05) is 0 Å². The molecule has 210 valence electrons. The first kappa shape index (κ1) is 30.6. The van der Waals surface area contributed by atoms with Crippen LogP contribution in [0.5, 0.6) is 0 Å². The molecule has 1 saturated heterocycles. The van der Waals surface area contributed by atoms with Gasteiger partial charge in [-0.2, -0.15) is 0 Å². The Morgan fingerprint density at radius 2 is 1.66 bits per heavy atom. The predicted molar refractivity (Wildman–Crippen MR) is 156 cm³/mol. The minimum absolute atomic E-state index is 0.0524. The van der Waals surface area contributed by atoms with Crippen LogP contribution >= 0.6 is 0 Å². The average Bonchev–Trinajstić information content (AvgIpc) is 2.92. The number of carbonyl (C=O) groups is 1. The van der Waals surface area contributed by atoms with Crippen LogP contribution in [0.15, 0.2) is 58.3 Å². The van der Waals surface area contributed by atoms with Crippen LogP contribution in [0.1, 0.15) is 62.2 Å². The number of carbonyl (C=O) groups excluding carboxylic acids is 1. The number of benzene rings is 2. The van der Waals surface area contributed by atoms with Crippen molar-refractivity contribution in [1.82, 2.24) is 9.21 Å². The van der Waals surface area contributed by atoms with Gasteiger partial charge in [-0.25, -0.2) is 12.7 Å². The zero-order chi connectivity index (χ0) is 27.7. The molecular weight excluding hydrogens is 518 g/mol. The van der Waals surface area contributed by atoms with Crippen LogP contribution in [0, 0.1) is 0 Å². The van der Waals surface area contributed by atoms with Gasteiger partial charge in [-0.05, 0) is 60.8 Å². The number of para-hydroxylation sites is 1. The fourth-order valence-corrected chi connectivity index (χ4v) is 7.32. The van der Waals surface area contributed by atoms with Gasteiger partial charge in [0.2, 0.25) is 10.0 Å². The number of anilines is 1. The lowest BCUT2D eigenvalue weighted by Crippen LogP contribution is -2.50. The molecule has 9 heteroatoms. The third-order valence-corrected chi connectivity index (χ3v) is 10.3. The summed E-state index contributed by atoms with van der Waals surface area (Å²) in [5, 5.41) is 0. The predicted octanol–water partition coefficient (Wildman–Crippen LogP) is 4.80. The van der Waals surface area contributed by atoms with Crippen LogP contribution in [0.2, 0.25) is 0 Å². The molecule has 2 unspecified atom stereocenters. The molecule has 0 N–H and O–H groups in total. The third-order valence-electron chi connectivity index (χ3n) is 7.37. The molecule has 0 spiro atoms. The number of piperazine rings is 1. The zero-order valence-corrected chi connectivity index (χ0v) is 24.9. The summed E-state index contributed by atoms with van der Waals surface area (Å²) in [6, 6.07) is 15.6. The van der Waals surface area contributed by atoms with Crippen molar-refractivity contribution in [2.75, 3.05) is 51.4 Å². The van der Waals surface area contributed by atoms with Gasteiger partial charge in [0.15, 0.2) is 10.7 Å². The summed E-state index contributed by atoms with van der Waals surface area (Å²) in [6.07, 6.45) is 8.16. The van der Waals surface area contributed by atoms with Crippen molar-refractivity contribution in [3.05, 3.63) is 54.1 Å². The SMILES string of the molecule is CCCCC(CCCCC(=O)c1ccc([S+](C)[O-])c(S(=O)(=O)N(C)C)c1)N1CCN(c2ccccc2)CC1. The molecule has 0 saturated carbocycles. The fraction of sp³-hybridized carbons (Fsp3) is 0.552. The summed E-state index contributed by atoms with van der Waals surface area (Å²) in [7, 11) is -0.943. The molecule has 1 fully saturated rings. The van der Waals surface area contributed by atoms with Crippen molar-refractivity contribution in [2.24, 2.45) is 0 Å². The number of ketones is 1. The zero-order valence-electron chi connectivity index (χ0n) is 23.3. The molecule has 3 rings (SSSR count). The Morgan fingerprint density at radius 1 is 1.00 bits per heavy atom. The molecule has 1 heterocycles. The Kier molecular flexibility index (Phi) is 11.7. The van der Waals surface area contributed by atoms with Gasteiger partial charge in [-0.3, -0.25) is 9.69 Å². The van der Waals surface area contributed by atoms with Crippen LogP contribution in [0.4, 0.5) is 5.69 Å². The Hall–Kier alpha value is -1.91. The lowest BCUT2D eigenvalue weighted by Gasteiger charge is -2.40. The van der Waals surface area contributed by atoms with E-state index in [0.29, 0.717) is 18.0 Å². The van der Waals surface area contributed by atoms with E-state index in [-0.39, 0.29) is 15.6 Å². The molecule has 1 aliphatic heterocycles. The molecule has 0 bridgehead atoms. The van der Waals surface area contributed by atoms with E-state index in [0.717, 1.165) is 49.7 Å². The van der Waals surface area contributed by atoms with Gasteiger partial charge in [0.1, 0.15) is 11.2 Å². The third kappa shape index (κ3) is 8.05. The van der Waals surface area contributed by atoms with E-state index < -0.39 is 21.2 Å². The molecule has 2 atom stereocenters. The summed E-state index contributed by atoms with van der Waals surface area (Å²) in [5.41, 5.74) is 1.65. The number of Topliss-reactive ketones (excluding diaryl/α,β-unsaturated/α-hetero) is 1. The number of hydrogen-bond acceptors (Lipinski definition) is 6. The molecule has 2 aromatic carbocycles. The van der Waals surface area contributed by atoms with Gasteiger partial charge in [0.25, 0.3) is 0 Å². The first-order valence-electron chi connectivity index (χ1n) is 13.6. The van der Waals surface area contributed by atoms with E-state index >= 15 is 0 Å². The molecule has 38 heavy (non-hydrogen) atoms. The van der Waals surface area contributed by atoms with Crippen LogP contribution in [-0.2, 0) is 21.2 Å². The van der Waals surface area contributed by atoms with Crippen molar-refractivity contribution >= 4 is 32.7 Å². The lowest BCUT2D eigenvalue weighted by atomic mass is 9.98. The quantitative estimate of drug-likeness (QED) is 0.187. The van der Waals surface area contributed by atoms with Gasteiger partial charge >= 0.3 is 0 Å². The Morgan fingerprint density at radius 3 is 2.26 bits per heavy atom. The van der Waals surface area contributed by atoms with E-state index in [1.165, 1.54) is 57.4 Å². The molecule has 1 aliphatic rings. The van der Waals surface area contributed by atoms with Crippen molar-refractivity contribution in [2.45, 2.75) is 67.7 Å². The molecule has 7 nitrogen and oxygen atoms in total. The lowest BCUT2D eigenvalue weighted by molar-refractivity contribution is 0.0976. The average molecular weight is 562 g/mol. The minimum atomic E-state index is -3.81. The van der Waals surface area contributed by atoms with E-state index in [1.54, 1.807) is 6.07 Å². The summed E-state index contributed by atoms with van der Waals surface area (Å²) >= 11 is -1.48. The van der Waals surface area contributed by atoms with Crippen LogP contribution in [-0.4, -0.2) is 80.5 Å². The van der Waals surface area contributed by atoms with Crippen molar-refractivity contribution in [1.29, 1.82) is 0 Å². The summed E-state index contributed by atoms with van der Waals surface area (Å²) in [5.74, 6) is -0.0739. The number of sulfonamides is 1. The van der Waals surface area contributed by atoms with Crippen LogP contribution in [0.25, 0.3) is 0 Å². The fourth-order valence-electron chi connectivity index (χ4n) is 5.06. The number of rotatable bonds is 14. The van der Waals surface area contributed by atoms with E-state index in [9.17, 15) is 17.8 Å². The highest BCUT2D eigenvalue weighted by Gasteiger charge is 2.28. The highest BCUT2D eigenvalue weighted by Crippen LogP contribution is 2.26. The first-order valence-corrected chi connectivity index (χ1v) is 16.6. The topological polar surface area (TPSA) is 84.0 Å². The maximum Gasteiger partial charge on any atom is 0.247 e. The summed E-state index contributed by atoms with van der Waals surface area (Å²) in [4.78, 5) is 18.2. The van der Waals surface area contributed by atoms with E-state index in [4.69, 9.17) is 0 Å². The summed E-state index contributed by atoms with van der Waals surface area (Å²) in [6.45, 7) is 6.39. The molecular formula is C29H43N3O4S2. The Labute approximate surface area is 232 Å². The second kappa shape index (κ2) is 14.5. The Balaban J connectivity index is 1.56. The maximum atomic E-state index is 13.0. The number of unbranched alkanes of at least 4 members (excludes halogenated alkanes) is 2. The molecule has 0 amide bonds. The highest BCUT2D eigenvalue weighted by atomic mass is 32.2. The minimum Gasteiger partial charge on any atom is -0.612 e. The van der Waals surface area contributed by atoms with Crippen LogP contribution in [0.3, 0.4) is 0 Å². The van der Waals surface area contributed by atoms with Crippen molar-refractivity contribution in [3.8, 4) is 0 Å². The van der Waals surface area contributed by atoms with E-state index in [2.05, 4.69) is 47.1 Å². The summed E-state index contributed by atoms with van der Waals surface area (Å²) < 4.78 is 38.8.